The molecule has 2 aliphatic rings. The maximum absolute atomic E-state index is 12.4. The molecule has 8 heteroatoms. The standard InChI is InChI=1S/C21H24N6O2/c1-13(14-5-3-2-4-6-14)23-21(28)24-19-9-18-17(10-22-19)20(26-25-18)27-11-15-7-8-16(12-27)29-15/h2-6,9-10,13,15-16H,7-8,11-12H2,1H3,(H,25,26)(H2,22,23,24,28). The number of hydrogen-bond acceptors (Lipinski definition) is 5. The summed E-state index contributed by atoms with van der Waals surface area (Å²) in [6, 6.07) is 11.3. The predicted molar refractivity (Wildman–Crippen MR) is 111 cm³/mol. The SMILES string of the molecule is CC(NC(=O)Nc1cc2[nH]nc(N3CC4CCC(C3)O4)c2cn1)c1ccccc1. The van der Waals surface area contributed by atoms with E-state index in [-0.39, 0.29) is 12.1 Å². The smallest absolute Gasteiger partial charge is 0.320 e. The average molecular weight is 392 g/mol. The second-order valence-electron chi connectivity index (χ2n) is 7.76. The molecule has 2 aliphatic heterocycles. The highest BCUT2D eigenvalue weighted by atomic mass is 16.5. The van der Waals surface area contributed by atoms with Gasteiger partial charge in [-0.25, -0.2) is 9.78 Å². The topological polar surface area (TPSA) is 95.2 Å². The third-order valence-corrected chi connectivity index (χ3v) is 5.66. The summed E-state index contributed by atoms with van der Waals surface area (Å²) in [5.74, 6) is 1.38. The molecular weight excluding hydrogens is 368 g/mol. The second-order valence-corrected chi connectivity index (χ2v) is 7.76. The van der Waals surface area contributed by atoms with E-state index in [0.717, 1.165) is 48.2 Å². The minimum absolute atomic E-state index is 0.102. The minimum atomic E-state index is -0.294. The Labute approximate surface area is 168 Å². The van der Waals surface area contributed by atoms with Crippen molar-refractivity contribution in [3.05, 3.63) is 48.2 Å². The lowest BCUT2D eigenvalue weighted by Crippen LogP contribution is -2.42. The van der Waals surface area contributed by atoms with E-state index in [9.17, 15) is 4.79 Å². The number of aromatic amines is 1. The van der Waals surface area contributed by atoms with Crippen LogP contribution in [0, 0.1) is 0 Å². The van der Waals surface area contributed by atoms with Crippen LogP contribution < -0.4 is 15.5 Å². The highest BCUT2D eigenvalue weighted by Crippen LogP contribution is 2.32. The molecule has 2 amide bonds. The Bertz CT molecular complexity index is 1010. The number of morpholine rings is 1. The van der Waals surface area contributed by atoms with Gasteiger partial charge in [0, 0.05) is 25.4 Å². The Balaban J connectivity index is 1.28. The van der Waals surface area contributed by atoms with Crippen molar-refractivity contribution in [3.8, 4) is 0 Å². The summed E-state index contributed by atoms with van der Waals surface area (Å²) in [7, 11) is 0. The fraction of sp³-hybridized carbons (Fsp3) is 0.381. The molecule has 2 saturated heterocycles. The van der Waals surface area contributed by atoms with Gasteiger partial charge < -0.3 is 15.0 Å². The molecule has 5 rings (SSSR count). The van der Waals surface area contributed by atoms with Crippen molar-refractivity contribution in [3.63, 3.8) is 0 Å². The Morgan fingerprint density at radius 3 is 2.76 bits per heavy atom. The van der Waals surface area contributed by atoms with Crippen LogP contribution in [0.5, 0.6) is 0 Å². The molecule has 4 heterocycles. The van der Waals surface area contributed by atoms with Crippen LogP contribution in [0.1, 0.15) is 31.4 Å². The van der Waals surface area contributed by atoms with Crippen molar-refractivity contribution >= 4 is 28.6 Å². The molecule has 2 fully saturated rings. The number of hydrogen-bond donors (Lipinski definition) is 3. The number of rotatable bonds is 4. The molecule has 150 valence electrons. The van der Waals surface area contributed by atoms with Gasteiger partial charge in [-0.15, -0.1) is 0 Å². The van der Waals surface area contributed by atoms with Gasteiger partial charge in [-0.3, -0.25) is 10.4 Å². The van der Waals surface area contributed by atoms with E-state index in [0.29, 0.717) is 18.0 Å². The molecule has 0 radical (unpaired) electrons. The largest absolute Gasteiger partial charge is 0.371 e. The van der Waals surface area contributed by atoms with Gasteiger partial charge in [0.25, 0.3) is 0 Å². The Morgan fingerprint density at radius 2 is 2.00 bits per heavy atom. The quantitative estimate of drug-likeness (QED) is 0.634. The van der Waals surface area contributed by atoms with Crippen molar-refractivity contribution in [2.45, 2.75) is 38.0 Å². The summed E-state index contributed by atoms with van der Waals surface area (Å²) in [6.07, 6.45) is 4.59. The number of nitrogens with zero attached hydrogens (tertiary/aromatic N) is 3. The van der Waals surface area contributed by atoms with Crippen molar-refractivity contribution in [2.24, 2.45) is 0 Å². The van der Waals surface area contributed by atoms with Gasteiger partial charge in [0.15, 0.2) is 5.82 Å². The Hall–Kier alpha value is -3.13. The van der Waals surface area contributed by atoms with E-state index in [4.69, 9.17) is 4.74 Å². The first kappa shape index (κ1) is 17.9. The van der Waals surface area contributed by atoms with E-state index in [1.54, 1.807) is 6.20 Å². The fourth-order valence-electron chi connectivity index (χ4n) is 4.17. The number of benzene rings is 1. The van der Waals surface area contributed by atoms with Crippen LogP contribution in [0.15, 0.2) is 42.6 Å². The van der Waals surface area contributed by atoms with Crippen molar-refractivity contribution in [2.75, 3.05) is 23.3 Å². The summed E-state index contributed by atoms with van der Waals surface area (Å²) in [6.45, 7) is 3.66. The minimum Gasteiger partial charge on any atom is -0.371 e. The number of carbonyl (C=O) groups excluding carboxylic acids is 1. The van der Waals surface area contributed by atoms with Crippen LogP contribution in [0.2, 0.25) is 0 Å². The van der Waals surface area contributed by atoms with Gasteiger partial charge in [0.2, 0.25) is 0 Å². The first-order chi connectivity index (χ1) is 14.2. The predicted octanol–water partition coefficient (Wildman–Crippen LogP) is 3.21. The number of anilines is 2. The molecule has 0 aliphatic carbocycles. The van der Waals surface area contributed by atoms with Crippen LogP contribution in [-0.2, 0) is 4.74 Å². The lowest BCUT2D eigenvalue weighted by atomic mass is 10.1. The van der Waals surface area contributed by atoms with Crippen LogP contribution in [-0.4, -0.2) is 46.5 Å². The second kappa shape index (κ2) is 7.36. The lowest BCUT2D eigenvalue weighted by molar-refractivity contribution is 0.0303. The number of ether oxygens (including phenoxy) is 1. The van der Waals surface area contributed by atoms with Gasteiger partial charge in [0.1, 0.15) is 5.82 Å². The molecule has 3 N–H and O–H groups in total. The fourth-order valence-corrected chi connectivity index (χ4v) is 4.17. The maximum atomic E-state index is 12.4. The lowest BCUT2D eigenvalue weighted by Gasteiger charge is -2.32. The number of fused-ring (bicyclic) bond motifs is 3. The zero-order valence-electron chi connectivity index (χ0n) is 16.3. The monoisotopic (exact) mass is 392 g/mol. The highest BCUT2D eigenvalue weighted by molar-refractivity contribution is 5.94. The summed E-state index contributed by atoms with van der Waals surface area (Å²) in [4.78, 5) is 19.0. The molecule has 3 aromatic rings. The molecule has 8 nitrogen and oxygen atoms in total. The molecule has 3 unspecified atom stereocenters. The van der Waals surface area contributed by atoms with Crippen molar-refractivity contribution < 1.29 is 9.53 Å². The number of nitrogens with one attached hydrogen (secondary N) is 3. The third-order valence-electron chi connectivity index (χ3n) is 5.66. The van der Waals surface area contributed by atoms with E-state index in [1.807, 2.05) is 43.3 Å². The van der Waals surface area contributed by atoms with Gasteiger partial charge in [-0.1, -0.05) is 30.3 Å². The molecule has 3 atom stereocenters. The van der Waals surface area contributed by atoms with Crippen molar-refractivity contribution in [1.82, 2.24) is 20.5 Å². The number of amides is 2. The first-order valence-corrected chi connectivity index (χ1v) is 10.0. The van der Waals surface area contributed by atoms with Gasteiger partial charge in [0.05, 0.1) is 29.2 Å². The third kappa shape index (κ3) is 3.63. The average Bonchev–Trinajstić information content (AvgIpc) is 3.30. The van der Waals surface area contributed by atoms with Gasteiger partial charge in [-0.05, 0) is 25.3 Å². The Kier molecular flexibility index (Phi) is 4.55. The number of carbonyl (C=O) groups is 1. The number of pyridine rings is 1. The molecular formula is C21H24N6O2. The van der Waals surface area contributed by atoms with Gasteiger partial charge in [-0.2, -0.15) is 5.10 Å². The van der Waals surface area contributed by atoms with Crippen LogP contribution in [0.4, 0.5) is 16.4 Å². The Morgan fingerprint density at radius 1 is 1.24 bits per heavy atom. The summed E-state index contributed by atoms with van der Waals surface area (Å²) < 4.78 is 5.91. The van der Waals surface area contributed by atoms with Crippen LogP contribution in [0.25, 0.3) is 10.9 Å². The molecule has 0 saturated carbocycles. The zero-order valence-corrected chi connectivity index (χ0v) is 16.3. The summed E-state index contributed by atoms with van der Waals surface area (Å²) in [5, 5.41) is 14.3. The highest BCUT2D eigenvalue weighted by Gasteiger charge is 2.35. The van der Waals surface area contributed by atoms with E-state index in [2.05, 4.69) is 30.7 Å². The first-order valence-electron chi connectivity index (χ1n) is 10.0. The van der Waals surface area contributed by atoms with E-state index < -0.39 is 0 Å². The molecule has 1 aromatic carbocycles. The summed E-state index contributed by atoms with van der Waals surface area (Å²) in [5.41, 5.74) is 1.89. The van der Waals surface area contributed by atoms with E-state index >= 15 is 0 Å². The molecule has 0 spiro atoms. The normalized spacial score (nSPS) is 21.9. The zero-order chi connectivity index (χ0) is 19.8. The molecule has 2 aromatic heterocycles. The number of H-pyrrole nitrogens is 1. The molecule has 29 heavy (non-hydrogen) atoms. The van der Waals surface area contributed by atoms with Crippen LogP contribution in [0.3, 0.4) is 0 Å². The molecule has 2 bridgehead atoms. The van der Waals surface area contributed by atoms with E-state index in [1.165, 1.54) is 0 Å². The number of aromatic nitrogens is 3. The maximum Gasteiger partial charge on any atom is 0.320 e. The number of urea groups is 1. The van der Waals surface area contributed by atoms with Gasteiger partial charge >= 0.3 is 6.03 Å². The van der Waals surface area contributed by atoms with Crippen molar-refractivity contribution in [1.29, 1.82) is 0 Å². The summed E-state index contributed by atoms with van der Waals surface area (Å²) >= 11 is 0. The van der Waals surface area contributed by atoms with Crippen LogP contribution >= 0.6 is 0 Å².